The normalized spacial score (nSPS) is 14.2. The van der Waals surface area contributed by atoms with Gasteiger partial charge in [-0.05, 0) is 38.5 Å². The third-order valence-electron chi connectivity index (χ3n) is 3.67. The maximum atomic E-state index is 9.35. The van der Waals surface area contributed by atoms with E-state index in [1.807, 2.05) is 69.2 Å². The largest absolute Gasteiger partial charge is 0.390 e. The molecule has 0 atom stereocenters. The van der Waals surface area contributed by atoms with Crippen LogP contribution in [0.2, 0.25) is 0 Å². The van der Waals surface area contributed by atoms with Gasteiger partial charge in [0.1, 0.15) is 0 Å². The van der Waals surface area contributed by atoms with E-state index in [4.69, 9.17) is 0 Å². The van der Waals surface area contributed by atoms with Crippen LogP contribution in [0.15, 0.2) is 0 Å². The van der Waals surface area contributed by atoms with Gasteiger partial charge >= 0.3 is 0 Å². The lowest BCUT2D eigenvalue weighted by Crippen LogP contribution is -2.35. The molecule has 0 heterocycles. The summed E-state index contributed by atoms with van der Waals surface area (Å²) >= 11 is 0. The molecule has 0 aromatic rings. The highest BCUT2D eigenvalue weighted by Gasteiger charge is 2.30. The van der Waals surface area contributed by atoms with Crippen molar-refractivity contribution in [2.45, 2.75) is 80.4 Å². The molecule has 0 spiro atoms. The van der Waals surface area contributed by atoms with Crippen molar-refractivity contribution in [1.29, 1.82) is 0 Å². The second kappa shape index (κ2) is 5.05. The molecule has 0 fully saturated rings. The first-order valence-electron chi connectivity index (χ1n) is 5.95. The van der Waals surface area contributed by atoms with E-state index in [0.717, 1.165) is 0 Å². The Morgan fingerprint density at radius 2 is 0.500 bits per heavy atom. The highest BCUT2D eigenvalue weighted by Crippen LogP contribution is 2.29. The molecule has 0 saturated carbocycles. The van der Waals surface area contributed by atoms with E-state index >= 15 is 0 Å². The molecule has 100 valence electrons. The first-order valence-corrected chi connectivity index (χ1v) is 5.95. The van der Waals surface area contributed by atoms with Crippen LogP contribution in [-0.2, 0) is 0 Å². The highest BCUT2D eigenvalue weighted by atomic mass is 16.3. The van der Waals surface area contributed by atoms with E-state index in [-0.39, 0.29) is 10.8 Å². The summed E-state index contributed by atoms with van der Waals surface area (Å²) in [6, 6.07) is 0. The van der Waals surface area contributed by atoms with Crippen molar-refractivity contribution in [2.75, 3.05) is 0 Å². The summed E-state index contributed by atoms with van der Waals surface area (Å²) in [5.74, 6) is 0. The Balaban J connectivity index is 0. The lowest BCUT2D eigenvalue weighted by atomic mass is 9.79. The predicted octanol–water partition coefficient (Wildman–Crippen LogP) is 3.61. The van der Waals surface area contributed by atoms with E-state index < -0.39 is 11.2 Å². The van der Waals surface area contributed by atoms with Crippen LogP contribution in [0, 0.1) is 10.8 Å². The fraction of sp³-hybridized carbons (Fsp3) is 1.00. The van der Waals surface area contributed by atoms with Gasteiger partial charge in [0.05, 0.1) is 11.2 Å². The van der Waals surface area contributed by atoms with Crippen molar-refractivity contribution in [3.05, 3.63) is 0 Å². The summed E-state index contributed by atoms with van der Waals surface area (Å²) in [6.07, 6.45) is 0. The van der Waals surface area contributed by atoms with E-state index in [9.17, 15) is 10.2 Å². The highest BCUT2D eigenvalue weighted by molar-refractivity contribution is 4.81. The molecule has 0 aromatic carbocycles. The topological polar surface area (TPSA) is 40.5 Å². The van der Waals surface area contributed by atoms with Gasteiger partial charge in [0.2, 0.25) is 0 Å². The van der Waals surface area contributed by atoms with Gasteiger partial charge in [-0.15, -0.1) is 0 Å². The van der Waals surface area contributed by atoms with E-state index in [0.29, 0.717) is 0 Å². The molecule has 0 amide bonds. The summed E-state index contributed by atoms with van der Waals surface area (Å²) < 4.78 is 0. The molecule has 0 aliphatic heterocycles. The molecule has 0 unspecified atom stereocenters. The first-order chi connectivity index (χ1) is 6.50. The van der Waals surface area contributed by atoms with Gasteiger partial charge < -0.3 is 10.2 Å². The van der Waals surface area contributed by atoms with Crippen LogP contribution in [0.3, 0.4) is 0 Å². The Morgan fingerprint density at radius 1 is 0.438 bits per heavy atom. The predicted molar refractivity (Wildman–Crippen MR) is 71.5 cm³/mol. The Bertz CT molecular complexity index is 143. The van der Waals surface area contributed by atoms with Gasteiger partial charge in [-0.3, -0.25) is 0 Å². The lowest BCUT2D eigenvalue weighted by Gasteiger charge is -2.33. The van der Waals surface area contributed by atoms with Crippen molar-refractivity contribution in [3.63, 3.8) is 0 Å². The van der Waals surface area contributed by atoms with Crippen molar-refractivity contribution in [1.82, 2.24) is 0 Å². The maximum Gasteiger partial charge on any atom is 0.0639 e. The smallest absolute Gasteiger partial charge is 0.0639 e. The molecule has 16 heavy (non-hydrogen) atoms. The van der Waals surface area contributed by atoms with Crippen LogP contribution in [0.1, 0.15) is 69.2 Å². The van der Waals surface area contributed by atoms with Crippen LogP contribution in [0.4, 0.5) is 0 Å². The number of hydrogen-bond acceptors (Lipinski definition) is 2. The van der Waals surface area contributed by atoms with E-state index in [1.165, 1.54) is 0 Å². The molecule has 2 heteroatoms. The monoisotopic (exact) mass is 232 g/mol. The van der Waals surface area contributed by atoms with Gasteiger partial charge in [0.15, 0.2) is 0 Å². The van der Waals surface area contributed by atoms with E-state index in [2.05, 4.69) is 0 Å². The minimum Gasteiger partial charge on any atom is -0.390 e. The van der Waals surface area contributed by atoms with Crippen LogP contribution in [-0.4, -0.2) is 21.4 Å². The second-order valence-corrected chi connectivity index (χ2v) is 7.62. The summed E-state index contributed by atoms with van der Waals surface area (Å²) in [5.41, 5.74) is -1.14. The fourth-order valence-corrected chi connectivity index (χ4v) is 0. The molecule has 0 aliphatic carbocycles. The standard InChI is InChI=1S/2C7H16O/c2*1-6(2,3)7(4,5)8/h2*8H,1-5H3. The third-order valence-corrected chi connectivity index (χ3v) is 3.67. The second-order valence-electron chi connectivity index (χ2n) is 7.62. The number of aliphatic hydroxyl groups is 2. The van der Waals surface area contributed by atoms with Crippen molar-refractivity contribution >= 4 is 0 Å². The number of hydrogen-bond donors (Lipinski definition) is 2. The molecule has 0 rings (SSSR count). The number of rotatable bonds is 0. The quantitative estimate of drug-likeness (QED) is 0.670. The van der Waals surface area contributed by atoms with Gasteiger partial charge in [0.25, 0.3) is 0 Å². The van der Waals surface area contributed by atoms with Gasteiger partial charge in [-0.1, -0.05) is 41.5 Å². The van der Waals surface area contributed by atoms with Crippen LogP contribution < -0.4 is 0 Å². The molecule has 2 N–H and O–H groups in total. The molecule has 2 nitrogen and oxygen atoms in total. The lowest BCUT2D eigenvalue weighted by molar-refractivity contribution is -0.0240. The summed E-state index contributed by atoms with van der Waals surface area (Å²) in [6.45, 7) is 19.4. The maximum absolute atomic E-state index is 9.35. The van der Waals surface area contributed by atoms with Gasteiger partial charge in [-0.2, -0.15) is 0 Å². The SMILES string of the molecule is CC(C)(C)C(C)(C)O.CC(C)(C)C(C)(C)O. The van der Waals surface area contributed by atoms with Crippen LogP contribution >= 0.6 is 0 Å². The van der Waals surface area contributed by atoms with Crippen molar-refractivity contribution < 1.29 is 10.2 Å². The van der Waals surface area contributed by atoms with Crippen LogP contribution in [0.5, 0.6) is 0 Å². The fourth-order valence-electron chi connectivity index (χ4n) is 0. The zero-order valence-corrected chi connectivity index (χ0v) is 12.9. The average Bonchev–Trinajstić information content (AvgIpc) is 1.77. The Morgan fingerprint density at radius 3 is 0.500 bits per heavy atom. The zero-order chi connectivity index (χ0) is 14.0. The Kier molecular flexibility index (Phi) is 5.78. The van der Waals surface area contributed by atoms with Crippen LogP contribution in [0.25, 0.3) is 0 Å². The molecule has 0 bridgehead atoms. The van der Waals surface area contributed by atoms with Crippen molar-refractivity contribution in [3.8, 4) is 0 Å². The Labute approximate surface area is 102 Å². The third kappa shape index (κ3) is 7.24. The molecule has 0 aromatic heterocycles. The minimum atomic E-state index is -0.562. The molecule has 0 radical (unpaired) electrons. The molecular formula is C14H32O2. The summed E-state index contributed by atoms with van der Waals surface area (Å²) in [4.78, 5) is 0. The van der Waals surface area contributed by atoms with Gasteiger partial charge in [-0.25, -0.2) is 0 Å². The Hall–Kier alpha value is -0.0800. The zero-order valence-electron chi connectivity index (χ0n) is 12.9. The van der Waals surface area contributed by atoms with E-state index in [1.54, 1.807) is 0 Å². The van der Waals surface area contributed by atoms with Crippen molar-refractivity contribution in [2.24, 2.45) is 10.8 Å². The first kappa shape index (κ1) is 18.3. The summed E-state index contributed by atoms with van der Waals surface area (Å²) in [5, 5.41) is 18.7. The molecule has 0 saturated heterocycles. The average molecular weight is 232 g/mol. The minimum absolute atomic E-state index is 0.00694. The molecule has 0 aliphatic rings. The summed E-state index contributed by atoms with van der Waals surface area (Å²) in [7, 11) is 0. The van der Waals surface area contributed by atoms with Gasteiger partial charge in [0, 0.05) is 0 Å². The molecular weight excluding hydrogens is 200 g/mol.